The largest absolute Gasteiger partial charge is 0.480 e. The van der Waals surface area contributed by atoms with Crippen molar-refractivity contribution in [3.05, 3.63) is 0 Å². The Morgan fingerprint density at radius 2 is 1.94 bits per heavy atom. The SMILES string of the molecule is COCCN(CC(=O)O)C(=O)N1CCCCC1. The molecule has 0 aromatic rings. The van der Waals surface area contributed by atoms with E-state index in [1.165, 1.54) is 12.0 Å². The predicted octanol–water partition coefficient (Wildman–Crippen LogP) is 0.625. The second-order valence-electron chi connectivity index (χ2n) is 4.14. The van der Waals surface area contributed by atoms with E-state index in [9.17, 15) is 9.59 Å². The molecule has 0 aliphatic carbocycles. The van der Waals surface area contributed by atoms with Crippen LogP contribution >= 0.6 is 0 Å². The van der Waals surface area contributed by atoms with Crippen molar-refractivity contribution in [2.24, 2.45) is 0 Å². The molecular formula is C11H20N2O4. The van der Waals surface area contributed by atoms with Gasteiger partial charge in [-0.1, -0.05) is 0 Å². The van der Waals surface area contributed by atoms with E-state index in [1.807, 2.05) is 0 Å². The third kappa shape index (κ3) is 4.60. The maximum absolute atomic E-state index is 12.1. The van der Waals surface area contributed by atoms with Crippen molar-refractivity contribution in [3.63, 3.8) is 0 Å². The zero-order valence-corrected chi connectivity index (χ0v) is 10.2. The summed E-state index contributed by atoms with van der Waals surface area (Å²) in [5.74, 6) is -0.994. The van der Waals surface area contributed by atoms with Gasteiger partial charge in [-0.05, 0) is 19.3 Å². The summed E-state index contributed by atoms with van der Waals surface area (Å²) in [6.07, 6.45) is 3.13. The first-order valence-electron chi connectivity index (χ1n) is 5.89. The lowest BCUT2D eigenvalue weighted by Crippen LogP contribution is -2.48. The van der Waals surface area contributed by atoms with Gasteiger partial charge in [-0.3, -0.25) is 4.79 Å². The average Bonchev–Trinajstić information content (AvgIpc) is 2.34. The van der Waals surface area contributed by atoms with E-state index in [4.69, 9.17) is 9.84 Å². The number of carbonyl (C=O) groups is 2. The van der Waals surface area contributed by atoms with Gasteiger partial charge in [0.1, 0.15) is 6.54 Å². The van der Waals surface area contributed by atoms with Crippen LogP contribution in [0.2, 0.25) is 0 Å². The summed E-state index contributed by atoms with van der Waals surface area (Å²) in [7, 11) is 1.53. The third-order valence-corrected chi connectivity index (χ3v) is 2.79. The minimum Gasteiger partial charge on any atom is -0.480 e. The van der Waals surface area contributed by atoms with E-state index in [-0.39, 0.29) is 12.6 Å². The van der Waals surface area contributed by atoms with Gasteiger partial charge in [-0.15, -0.1) is 0 Å². The molecule has 0 aromatic heterocycles. The highest BCUT2D eigenvalue weighted by Gasteiger charge is 2.23. The highest BCUT2D eigenvalue weighted by atomic mass is 16.5. The summed E-state index contributed by atoms with van der Waals surface area (Å²) in [4.78, 5) is 25.8. The molecule has 0 radical (unpaired) electrons. The number of carbonyl (C=O) groups excluding carboxylic acids is 1. The lowest BCUT2D eigenvalue weighted by molar-refractivity contribution is -0.137. The van der Waals surface area contributed by atoms with Crippen molar-refractivity contribution in [2.45, 2.75) is 19.3 Å². The van der Waals surface area contributed by atoms with Gasteiger partial charge < -0.3 is 19.6 Å². The number of ether oxygens (including phenoxy) is 1. The Morgan fingerprint density at radius 3 is 2.47 bits per heavy atom. The van der Waals surface area contributed by atoms with Gasteiger partial charge in [0.05, 0.1) is 6.61 Å². The summed E-state index contributed by atoms with van der Waals surface area (Å²) in [5, 5.41) is 8.78. The van der Waals surface area contributed by atoms with Crippen molar-refractivity contribution < 1.29 is 19.4 Å². The Kier molecular flexibility index (Phi) is 5.76. The van der Waals surface area contributed by atoms with Gasteiger partial charge in [-0.25, -0.2) is 4.79 Å². The summed E-state index contributed by atoms with van der Waals surface area (Å²) in [5.41, 5.74) is 0. The number of likely N-dealkylation sites (tertiary alicyclic amines) is 1. The summed E-state index contributed by atoms with van der Waals surface area (Å²) in [6.45, 7) is 1.85. The minimum atomic E-state index is -0.994. The zero-order chi connectivity index (χ0) is 12.7. The molecule has 2 amide bonds. The fourth-order valence-corrected chi connectivity index (χ4v) is 1.89. The molecule has 1 N–H and O–H groups in total. The maximum Gasteiger partial charge on any atom is 0.323 e. The monoisotopic (exact) mass is 244 g/mol. The second kappa shape index (κ2) is 7.11. The van der Waals surface area contributed by atoms with Crippen molar-refractivity contribution in [1.82, 2.24) is 9.80 Å². The number of carboxylic acid groups (broad SMARTS) is 1. The zero-order valence-electron chi connectivity index (χ0n) is 10.2. The lowest BCUT2D eigenvalue weighted by atomic mass is 10.1. The molecule has 0 atom stereocenters. The highest BCUT2D eigenvalue weighted by molar-refractivity contribution is 5.80. The first kappa shape index (κ1) is 13.8. The summed E-state index contributed by atoms with van der Waals surface area (Å²) >= 11 is 0. The quantitative estimate of drug-likeness (QED) is 0.770. The molecule has 1 rings (SSSR count). The van der Waals surface area contributed by atoms with E-state index in [0.29, 0.717) is 13.2 Å². The van der Waals surface area contributed by atoms with Gasteiger partial charge >= 0.3 is 12.0 Å². The molecule has 98 valence electrons. The maximum atomic E-state index is 12.1. The van der Waals surface area contributed by atoms with Gasteiger partial charge in [0.15, 0.2) is 0 Å². The normalized spacial score (nSPS) is 15.7. The number of urea groups is 1. The number of rotatable bonds is 5. The van der Waals surface area contributed by atoms with Crippen LogP contribution in [0.4, 0.5) is 4.79 Å². The number of piperidine rings is 1. The van der Waals surface area contributed by atoms with Crippen LogP contribution < -0.4 is 0 Å². The van der Waals surface area contributed by atoms with Crippen molar-refractivity contribution in [3.8, 4) is 0 Å². The van der Waals surface area contributed by atoms with Crippen LogP contribution in [0, 0.1) is 0 Å². The van der Waals surface area contributed by atoms with E-state index < -0.39 is 5.97 Å². The lowest BCUT2D eigenvalue weighted by Gasteiger charge is -2.32. The summed E-state index contributed by atoms with van der Waals surface area (Å²) < 4.78 is 4.89. The van der Waals surface area contributed by atoms with Crippen molar-refractivity contribution in [1.29, 1.82) is 0 Å². The standard InChI is InChI=1S/C11H20N2O4/c1-17-8-7-13(9-10(14)15)11(16)12-5-3-2-4-6-12/h2-9H2,1H3,(H,14,15). The molecule has 0 unspecified atom stereocenters. The van der Waals surface area contributed by atoms with Crippen LogP contribution in [0.15, 0.2) is 0 Å². The van der Waals surface area contributed by atoms with Crippen molar-refractivity contribution >= 4 is 12.0 Å². The molecule has 1 aliphatic rings. The van der Waals surface area contributed by atoms with Gasteiger partial charge in [0, 0.05) is 26.7 Å². The van der Waals surface area contributed by atoms with E-state index in [0.717, 1.165) is 32.4 Å². The smallest absolute Gasteiger partial charge is 0.323 e. The molecular weight excluding hydrogens is 224 g/mol. The van der Waals surface area contributed by atoms with Crippen molar-refractivity contribution in [2.75, 3.05) is 39.9 Å². The topological polar surface area (TPSA) is 70.1 Å². The van der Waals surface area contributed by atoms with Crippen LogP contribution in [0.1, 0.15) is 19.3 Å². The highest BCUT2D eigenvalue weighted by Crippen LogP contribution is 2.11. The molecule has 1 aliphatic heterocycles. The Balaban J connectivity index is 2.53. The molecule has 6 heteroatoms. The molecule has 0 bridgehead atoms. The second-order valence-corrected chi connectivity index (χ2v) is 4.14. The number of amides is 2. The number of aliphatic carboxylic acids is 1. The number of carboxylic acids is 1. The molecule has 0 aromatic carbocycles. The Hall–Kier alpha value is -1.30. The molecule has 17 heavy (non-hydrogen) atoms. The van der Waals surface area contributed by atoms with Crippen LogP contribution in [-0.2, 0) is 9.53 Å². The van der Waals surface area contributed by atoms with E-state index in [1.54, 1.807) is 4.90 Å². The molecule has 0 saturated carbocycles. The molecule has 6 nitrogen and oxygen atoms in total. The minimum absolute atomic E-state index is 0.191. The Labute approximate surface area is 101 Å². The first-order valence-corrected chi connectivity index (χ1v) is 5.89. The first-order chi connectivity index (χ1) is 8.15. The molecule has 1 saturated heterocycles. The van der Waals surface area contributed by atoms with Gasteiger partial charge in [0.2, 0.25) is 0 Å². The molecule has 0 spiro atoms. The number of nitrogens with zero attached hydrogens (tertiary/aromatic N) is 2. The fourth-order valence-electron chi connectivity index (χ4n) is 1.89. The van der Waals surface area contributed by atoms with Crippen LogP contribution in [0.25, 0.3) is 0 Å². The van der Waals surface area contributed by atoms with Crippen LogP contribution in [0.5, 0.6) is 0 Å². The average molecular weight is 244 g/mol. The van der Waals surface area contributed by atoms with Gasteiger partial charge in [-0.2, -0.15) is 0 Å². The number of methoxy groups -OCH3 is 1. The Morgan fingerprint density at radius 1 is 1.29 bits per heavy atom. The number of hydrogen-bond donors (Lipinski definition) is 1. The van der Waals surface area contributed by atoms with E-state index in [2.05, 4.69) is 0 Å². The third-order valence-electron chi connectivity index (χ3n) is 2.79. The molecule has 1 fully saturated rings. The number of hydrogen-bond acceptors (Lipinski definition) is 3. The fraction of sp³-hybridized carbons (Fsp3) is 0.818. The summed E-state index contributed by atoms with van der Waals surface area (Å²) in [6, 6.07) is -0.191. The van der Waals surface area contributed by atoms with Crippen LogP contribution in [-0.4, -0.2) is 66.8 Å². The van der Waals surface area contributed by atoms with Gasteiger partial charge in [0.25, 0.3) is 0 Å². The predicted molar refractivity (Wildman–Crippen MR) is 61.9 cm³/mol. The molecule has 1 heterocycles. The van der Waals surface area contributed by atoms with E-state index >= 15 is 0 Å². The Bertz CT molecular complexity index is 264. The van der Waals surface area contributed by atoms with Crippen LogP contribution in [0.3, 0.4) is 0 Å².